The molecule has 0 bridgehead atoms. The van der Waals surface area contributed by atoms with E-state index in [1.54, 1.807) is 0 Å². The molecule has 1 saturated carbocycles. The molecule has 0 aromatic rings. The summed E-state index contributed by atoms with van der Waals surface area (Å²) in [5, 5.41) is 6.74. The molecule has 1 heterocycles. The molecule has 3 unspecified atom stereocenters. The van der Waals surface area contributed by atoms with Gasteiger partial charge in [-0.15, -0.1) is 0 Å². The Kier molecular flexibility index (Phi) is 5.74. The highest BCUT2D eigenvalue weighted by Gasteiger charge is 2.30. The van der Waals surface area contributed by atoms with Crippen molar-refractivity contribution in [3.05, 3.63) is 0 Å². The van der Waals surface area contributed by atoms with Crippen LogP contribution in [0.25, 0.3) is 0 Å². The molecule has 2 fully saturated rings. The van der Waals surface area contributed by atoms with E-state index in [0.29, 0.717) is 11.8 Å². The van der Waals surface area contributed by atoms with Gasteiger partial charge >= 0.3 is 0 Å². The summed E-state index contributed by atoms with van der Waals surface area (Å²) in [6.45, 7) is 2.59. The third-order valence-corrected chi connectivity index (χ3v) is 6.97. The summed E-state index contributed by atoms with van der Waals surface area (Å²) < 4.78 is 23.1. The molecule has 1 aliphatic heterocycles. The number of nitrogens with one attached hydrogen (secondary N) is 2. The quantitative estimate of drug-likeness (QED) is 0.774. The van der Waals surface area contributed by atoms with Gasteiger partial charge < -0.3 is 10.6 Å². The van der Waals surface area contributed by atoms with Gasteiger partial charge in [-0.25, -0.2) is 8.42 Å². The van der Waals surface area contributed by atoms with Crippen LogP contribution in [-0.4, -0.2) is 55.5 Å². The topological polar surface area (TPSA) is 75.3 Å². The Morgan fingerprint density at radius 2 is 2.20 bits per heavy atom. The van der Waals surface area contributed by atoms with Crippen LogP contribution in [0.15, 0.2) is 0 Å². The first-order valence-electron chi connectivity index (χ1n) is 7.35. The summed E-state index contributed by atoms with van der Waals surface area (Å²) in [7, 11) is -2.97. The third-order valence-electron chi connectivity index (χ3n) is 3.91. The number of amides is 1. The minimum absolute atomic E-state index is 0.0202. The Morgan fingerprint density at radius 3 is 2.90 bits per heavy atom. The molecule has 2 N–H and O–H groups in total. The summed E-state index contributed by atoms with van der Waals surface area (Å²) in [6.07, 6.45) is 3.64. The maximum Gasteiger partial charge on any atom is 0.221 e. The fourth-order valence-electron chi connectivity index (χ4n) is 2.99. The molecule has 2 aliphatic rings. The highest BCUT2D eigenvalue weighted by atomic mass is 32.2. The number of rotatable bonds is 5. The molecule has 0 spiro atoms. The molecule has 3 atom stereocenters. The van der Waals surface area contributed by atoms with Crippen LogP contribution < -0.4 is 10.6 Å². The maximum atomic E-state index is 12.1. The number of sulfone groups is 1. The fraction of sp³-hybridized carbons (Fsp3) is 0.923. The second kappa shape index (κ2) is 7.13. The SMILES string of the molecule is CCSC1CCCC1NC(=O)CC1CS(=O)(=O)CCN1. The van der Waals surface area contributed by atoms with Crippen LogP contribution in [0.4, 0.5) is 0 Å². The molecule has 0 aromatic heterocycles. The molecule has 1 saturated heterocycles. The van der Waals surface area contributed by atoms with Crippen LogP contribution in [0.1, 0.15) is 32.6 Å². The first kappa shape index (κ1) is 16.1. The van der Waals surface area contributed by atoms with Crippen molar-refractivity contribution >= 4 is 27.5 Å². The van der Waals surface area contributed by atoms with Gasteiger partial charge in [-0.2, -0.15) is 11.8 Å². The Hall–Kier alpha value is -0.270. The van der Waals surface area contributed by atoms with Crippen molar-refractivity contribution in [2.75, 3.05) is 23.8 Å². The van der Waals surface area contributed by atoms with Gasteiger partial charge in [0.15, 0.2) is 9.84 Å². The normalized spacial score (nSPS) is 33.0. The highest BCUT2D eigenvalue weighted by molar-refractivity contribution is 7.99. The number of hydrogen-bond donors (Lipinski definition) is 2. The Balaban J connectivity index is 1.80. The molecule has 1 aliphatic carbocycles. The van der Waals surface area contributed by atoms with Crippen molar-refractivity contribution in [1.82, 2.24) is 10.6 Å². The van der Waals surface area contributed by atoms with E-state index in [-0.39, 0.29) is 35.9 Å². The number of thioether (sulfide) groups is 1. The van der Waals surface area contributed by atoms with Crippen molar-refractivity contribution in [3.8, 4) is 0 Å². The van der Waals surface area contributed by atoms with E-state index in [0.717, 1.165) is 12.2 Å². The van der Waals surface area contributed by atoms with Gasteiger partial charge in [0.1, 0.15) is 0 Å². The van der Waals surface area contributed by atoms with Crippen LogP contribution in [0.2, 0.25) is 0 Å². The molecule has 0 radical (unpaired) electrons. The average molecular weight is 320 g/mol. The van der Waals surface area contributed by atoms with Crippen LogP contribution >= 0.6 is 11.8 Å². The molecule has 0 aromatic carbocycles. The number of carbonyl (C=O) groups is 1. The molecule has 20 heavy (non-hydrogen) atoms. The van der Waals surface area contributed by atoms with Crippen LogP contribution in [0.5, 0.6) is 0 Å². The van der Waals surface area contributed by atoms with Gasteiger partial charge in [-0.3, -0.25) is 4.79 Å². The first-order chi connectivity index (χ1) is 9.50. The molecular formula is C13H24N2O3S2. The van der Waals surface area contributed by atoms with Gasteiger partial charge in [-0.05, 0) is 18.6 Å². The number of hydrogen-bond acceptors (Lipinski definition) is 5. The lowest BCUT2D eigenvalue weighted by Gasteiger charge is -2.25. The Bertz CT molecular complexity index is 439. The van der Waals surface area contributed by atoms with E-state index in [9.17, 15) is 13.2 Å². The zero-order chi connectivity index (χ0) is 14.6. The summed E-state index contributed by atoms with van der Waals surface area (Å²) in [6, 6.07) is 0.0279. The monoisotopic (exact) mass is 320 g/mol. The lowest BCUT2D eigenvalue weighted by Crippen LogP contribution is -2.48. The number of carbonyl (C=O) groups excluding carboxylic acids is 1. The minimum Gasteiger partial charge on any atom is -0.352 e. The fourth-order valence-corrected chi connectivity index (χ4v) is 5.63. The predicted octanol–water partition coefficient (Wildman–Crippen LogP) is 0.554. The molecule has 7 heteroatoms. The predicted molar refractivity (Wildman–Crippen MR) is 82.8 cm³/mol. The molecule has 2 rings (SSSR count). The first-order valence-corrected chi connectivity index (χ1v) is 10.2. The smallest absolute Gasteiger partial charge is 0.221 e. The standard InChI is InChI=1S/C13H24N2O3S2/c1-2-19-12-5-3-4-11(12)15-13(16)8-10-9-20(17,18)7-6-14-10/h10-12,14H,2-9H2,1H3,(H,15,16). The maximum absolute atomic E-state index is 12.1. The van der Waals surface area contributed by atoms with Gasteiger partial charge in [0, 0.05) is 30.3 Å². The summed E-state index contributed by atoms with van der Waals surface area (Å²) in [5.74, 6) is 1.31. The second-order valence-corrected chi connectivity index (χ2v) is 9.31. The highest BCUT2D eigenvalue weighted by Crippen LogP contribution is 2.29. The summed E-state index contributed by atoms with van der Waals surface area (Å²) in [5.41, 5.74) is 0. The van der Waals surface area contributed by atoms with E-state index >= 15 is 0 Å². The summed E-state index contributed by atoms with van der Waals surface area (Å²) in [4.78, 5) is 12.1. The average Bonchev–Trinajstić information content (AvgIpc) is 2.75. The van der Waals surface area contributed by atoms with Gasteiger partial charge in [0.25, 0.3) is 0 Å². The van der Waals surface area contributed by atoms with Crippen LogP contribution in [-0.2, 0) is 14.6 Å². The van der Waals surface area contributed by atoms with Crippen molar-refractivity contribution in [3.63, 3.8) is 0 Å². The zero-order valence-corrected chi connectivity index (χ0v) is 13.6. The zero-order valence-electron chi connectivity index (χ0n) is 11.9. The summed E-state index contributed by atoms with van der Waals surface area (Å²) >= 11 is 1.91. The van der Waals surface area contributed by atoms with Crippen molar-refractivity contribution in [2.24, 2.45) is 0 Å². The molecular weight excluding hydrogens is 296 g/mol. The van der Waals surface area contributed by atoms with Crippen LogP contribution in [0, 0.1) is 0 Å². The van der Waals surface area contributed by atoms with E-state index < -0.39 is 9.84 Å². The Labute approximate surface area is 125 Å². The third kappa shape index (κ3) is 4.63. The lowest BCUT2D eigenvalue weighted by atomic mass is 10.2. The van der Waals surface area contributed by atoms with E-state index in [1.165, 1.54) is 12.8 Å². The van der Waals surface area contributed by atoms with Crippen molar-refractivity contribution in [1.29, 1.82) is 0 Å². The lowest BCUT2D eigenvalue weighted by molar-refractivity contribution is -0.122. The largest absolute Gasteiger partial charge is 0.352 e. The van der Waals surface area contributed by atoms with Gasteiger partial charge in [-0.1, -0.05) is 13.3 Å². The molecule has 1 amide bonds. The molecule has 116 valence electrons. The van der Waals surface area contributed by atoms with Crippen LogP contribution in [0.3, 0.4) is 0 Å². The minimum atomic E-state index is -2.97. The van der Waals surface area contributed by atoms with Gasteiger partial charge in [0.2, 0.25) is 5.91 Å². The van der Waals surface area contributed by atoms with Gasteiger partial charge in [0.05, 0.1) is 11.5 Å². The van der Waals surface area contributed by atoms with E-state index in [4.69, 9.17) is 0 Å². The van der Waals surface area contributed by atoms with E-state index in [1.807, 2.05) is 11.8 Å². The Morgan fingerprint density at radius 1 is 1.40 bits per heavy atom. The molecule has 5 nitrogen and oxygen atoms in total. The van der Waals surface area contributed by atoms with E-state index in [2.05, 4.69) is 17.6 Å². The second-order valence-electron chi connectivity index (χ2n) is 5.57. The van der Waals surface area contributed by atoms with Crippen molar-refractivity contribution in [2.45, 2.75) is 49.9 Å². The van der Waals surface area contributed by atoms with Crippen molar-refractivity contribution < 1.29 is 13.2 Å².